The number of hydrogen-bond acceptors (Lipinski definition) is 3. The Morgan fingerprint density at radius 1 is 1.00 bits per heavy atom. The standard InChI is InChI=1S/C19H17F3N2O2S/c20-19(21,22)13-2-1-3-16(10-13)27-11-17(25)23-14-6-8-15(9-7-14)24-18(26)12-4-5-12/h1-3,6-10,12H,4-5,11H2,(H,23,25)(H,24,26). The Kier molecular flexibility index (Phi) is 5.74. The fraction of sp³-hybridized carbons (Fsp3) is 0.263. The fourth-order valence-electron chi connectivity index (χ4n) is 2.33. The minimum Gasteiger partial charge on any atom is -0.326 e. The second kappa shape index (κ2) is 8.04. The van der Waals surface area contributed by atoms with Crippen LogP contribution in [0, 0.1) is 5.92 Å². The number of benzene rings is 2. The van der Waals surface area contributed by atoms with Crippen LogP contribution < -0.4 is 10.6 Å². The van der Waals surface area contributed by atoms with Gasteiger partial charge in [-0.1, -0.05) is 6.07 Å². The normalized spacial score (nSPS) is 13.9. The smallest absolute Gasteiger partial charge is 0.326 e. The molecule has 1 saturated carbocycles. The SMILES string of the molecule is O=C(CSc1cccc(C(F)(F)F)c1)Nc1ccc(NC(=O)C2CC2)cc1. The molecule has 8 heteroatoms. The number of rotatable bonds is 6. The summed E-state index contributed by atoms with van der Waals surface area (Å²) in [5.41, 5.74) is 0.467. The molecule has 0 heterocycles. The van der Waals surface area contributed by atoms with E-state index in [9.17, 15) is 22.8 Å². The summed E-state index contributed by atoms with van der Waals surface area (Å²) in [5.74, 6) is -0.227. The Morgan fingerprint density at radius 2 is 1.63 bits per heavy atom. The van der Waals surface area contributed by atoms with Crippen LogP contribution in [0.4, 0.5) is 24.5 Å². The molecule has 2 amide bonds. The number of amides is 2. The molecule has 3 rings (SSSR count). The maximum Gasteiger partial charge on any atom is 0.416 e. The summed E-state index contributed by atoms with van der Waals surface area (Å²) in [6.45, 7) is 0. The number of nitrogens with one attached hydrogen (secondary N) is 2. The van der Waals surface area contributed by atoms with Gasteiger partial charge in [-0.2, -0.15) is 13.2 Å². The molecule has 0 saturated heterocycles. The van der Waals surface area contributed by atoms with Crippen LogP contribution in [0.15, 0.2) is 53.4 Å². The van der Waals surface area contributed by atoms with E-state index in [4.69, 9.17) is 0 Å². The number of alkyl halides is 3. The molecular formula is C19H17F3N2O2S. The van der Waals surface area contributed by atoms with E-state index in [1.807, 2.05) is 0 Å². The average molecular weight is 394 g/mol. The molecule has 2 aromatic carbocycles. The van der Waals surface area contributed by atoms with E-state index in [0.717, 1.165) is 36.7 Å². The summed E-state index contributed by atoms with van der Waals surface area (Å²) in [7, 11) is 0. The number of hydrogen-bond donors (Lipinski definition) is 2. The lowest BCUT2D eigenvalue weighted by Crippen LogP contribution is -2.15. The van der Waals surface area contributed by atoms with Crippen molar-refractivity contribution in [3.05, 3.63) is 54.1 Å². The second-order valence-electron chi connectivity index (χ2n) is 6.20. The third-order valence-corrected chi connectivity index (χ3v) is 4.91. The minimum atomic E-state index is -4.41. The highest BCUT2D eigenvalue weighted by atomic mass is 32.2. The monoisotopic (exact) mass is 394 g/mol. The molecule has 1 aliphatic rings. The Bertz CT molecular complexity index is 834. The highest BCUT2D eigenvalue weighted by Gasteiger charge is 2.30. The molecule has 0 aliphatic heterocycles. The van der Waals surface area contributed by atoms with Gasteiger partial charge in [0, 0.05) is 22.2 Å². The van der Waals surface area contributed by atoms with E-state index in [2.05, 4.69) is 10.6 Å². The molecule has 0 radical (unpaired) electrons. The van der Waals surface area contributed by atoms with Crippen LogP contribution in [0.25, 0.3) is 0 Å². The van der Waals surface area contributed by atoms with Crippen LogP contribution >= 0.6 is 11.8 Å². The number of halogens is 3. The molecule has 0 atom stereocenters. The van der Waals surface area contributed by atoms with Crippen LogP contribution in [0.2, 0.25) is 0 Å². The zero-order chi connectivity index (χ0) is 19.4. The summed E-state index contributed by atoms with van der Waals surface area (Å²) in [5, 5.41) is 5.48. The lowest BCUT2D eigenvalue weighted by atomic mass is 10.2. The van der Waals surface area contributed by atoms with Crippen molar-refractivity contribution in [2.45, 2.75) is 23.9 Å². The van der Waals surface area contributed by atoms with Crippen molar-refractivity contribution >= 4 is 35.0 Å². The van der Waals surface area contributed by atoms with Crippen molar-refractivity contribution in [3.8, 4) is 0 Å². The predicted molar refractivity (Wildman–Crippen MR) is 98.6 cm³/mol. The number of carbonyl (C=O) groups is 2. The molecule has 2 aromatic rings. The molecule has 142 valence electrons. The molecule has 0 bridgehead atoms. The first-order chi connectivity index (χ1) is 12.8. The van der Waals surface area contributed by atoms with Crippen molar-refractivity contribution in [1.82, 2.24) is 0 Å². The Balaban J connectivity index is 1.49. The lowest BCUT2D eigenvalue weighted by Gasteiger charge is -2.09. The zero-order valence-corrected chi connectivity index (χ0v) is 15.0. The maximum absolute atomic E-state index is 12.7. The maximum atomic E-state index is 12.7. The van der Waals surface area contributed by atoms with Gasteiger partial charge in [-0.25, -0.2) is 0 Å². The molecular weight excluding hydrogens is 377 g/mol. The Morgan fingerprint density at radius 3 is 2.22 bits per heavy atom. The van der Waals surface area contributed by atoms with Gasteiger partial charge >= 0.3 is 6.18 Å². The van der Waals surface area contributed by atoms with Crippen molar-refractivity contribution in [2.75, 3.05) is 16.4 Å². The van der Waals surface area contributed by atoms with Crippen LogP contribution in [0.3, 0.4) is 0 Å². The molecule has 0 spiro atoms. The van der Waals surface area contributed by atoms with Gasteiger partial charge in [-0.15, -0.1) is 11.8 Å². The first-order valence-corrected chi connectivity index (χ1v) is 9.31. The van der Waals surface area contributed by atoms with E-state index in [1.54, 1.807) is 24.3 Å². The summed E-state index contributed by atoms with van der Waals surface area (Å²) >= 11 is 1.03. The van der Waals surface area contributed by atoms with Crippen molar-refractivity contribution in [1.29, 1.82) is 0 Å². The molecule has 0 unspecified atom stereocenters. The lowest BCUT2D eigenvalue weighted by molar-refractivity contribution is -0.137. The topological polar surface area (TPSA) is 58.2 Å². The molecule has 0 aromatic heterocycles. The Hall–Kier alpha value is -2.48. The van der Waals surface area contributed by atoms with Crippen LogP contribution in [0.5, 0.6) is 0 Å². The van der Waals surface area contributed by atoms with E-state index < -0.39 is 11.7 Å². The number of anilines is 2. The van der Waals surface area contributed by atoms with Crippen molar-refractivity contribution < 1.29 is 22.8 Å². The highest BCUT2D eigenvalue weighted by molar-refractivity contribution is 8.00. The van der Waals surface area contributed by atoms with E-state index in [-0.39, 0.29) is 23.5 Å². The van der Waals surface area contributed by atoms with Crippen LogP contribution in [0.1, 0.15) is 18.4 Å². The number of carbonyl (C=O) groups excluding carboxylic acids is 2. The Labute approximate surface area is 158 Å². The third kappa shape index (κ3) is 5.75. The summed E-state index contributed by atoms with van der Waals surface area (Å²) in [6.07, 6.45) is -2.57. The van der Waals surface area contributed by atoms with Crippen molar-refractivity contribution in [2.24, 2.45) is 5.92 Å². The van der Waals surface area contributed by atoms with E-state index in [0.29, 0.717) is 16.3 Å². The molecule has 4 nitrogen and oxygen atoms in total. The van der Waals surface area contributed by atoms with Gasteiger partial charge in [0.25, 0.3) is 0 Å². The highest BCUT2D eigenvalue weighted by Crippen LogP contribution is 2.32. The van der Waals surface area contributed by atoms with Gasteiger partial charge in [0.2, 0.25) is 11.8 Å². The largest absolute Gasteiger partial charge is 0.416 e. The third-order valence-electron chi connectivity index (χ3n) is 3.92. The molecule has 27 heavy (non-hydrogen) atoms. The predicted octanol–water partition coefficient (Wildman–Crippen LogP) is 4.78. The fourth-order valence-corrected chi connectivity index (χ4v) is 3.09. The summed E-state index contributed by atoms with van der Waals surface area (Å²) in [6, 6.07) is 11.6. The first-order valence-electron chi connectivity index (χ1n) is 8.32. The number of thioether (sulfide) groups is 1. The minimum absolute atomic E-state index is 0.00396. The molecule has 1 fully saturated rings. The summed E-state index contributed by atoms with van der Waals surface area (Å²) in [4.78, 5) is 24.1. The molecule has 1 aliphatic carbocycles. The first kappa shape index (κ1) is 19.3. The van der Waals surface area contributed by atoms with Gasteiger partial charge in [0.1, 0.15) is 0 Å². The molecule has 2 N–H and O–H groups in total. The van der Waals surface area contributed by atoms with Gasteiger partial charge in [0.05, 0.1) is 11.3 Å². The quantitative estimate of drug-likeness (QED) is 0.693. The zero-order valence-electron chi connectivity index (χ0n) is 14.2. The van der Waals surface area contributed by atoms with Crippen LogP contribution in [-0.4, -0.2) is 17.6 Å². The van der Waals surface area contributed by atoms with Gasteiger partial charge in [0.15, 0.2) is 0 Å². The summed E-state index contributed by atoms with van der Waals surface area (Å²) < 4.78 is 38.1. The van der Waals surface area contributed by atoms with Gasteiger partial charge < -0.3 is 10.6 Å². The van der Waals surface area contributed by atoms with Gasteiger partial charge in [-0.3, -0.25) is 9.59 Å². The van der Waals surface area contributed by atoms with Gasteiger partial charge in [-0.05, 0) is 55.3 Å². The van der Waals surface area contributed by atoms with E-state index >= 15 is 0 Å². The average Bonchev–Trinajstić information content (AvgIpc) is 3.46. The second-order valence-corrected chi connectivity index (χ2v) is 7.25. The van der Waals surface area contributed by atoms with Crippen molar-refractivity contribution in [3.63, 3.8) is 0 Å². The van der Waals surface area contributed by atoms with Crippen LogP contribution in [-0.2, 0) is 15.8 Å². The van der Waals surface area contributed by atoms with E-state index in [1.165, 1.54) is 12.1 Å².